The summed E-state index contributed by atoms with van der Waals surface area (Å²) in [4.78, 5) is 4.96. The van der Waals surface area contributed by atoms with Gasteiger partial charge in [0, 0.05) is 44.0 Å². The van der Waals surface area contributed by atoms with Crippen molar-refractivity contribution in [2.24, 2.45) is 13.0 Å². The molecular formula is C18H29N5O. The molecule has 1 saturated heterocycles. The number of hydrogen-bond donors (Lipinski definition) is 0. The third-order valence-corrected chi connectivity index (χ3v) is 4.99. The largest absolute Gasteiger partial charge is 0.361 e. The Kier molecular flexibility index (Phi) is 5.36. The van der Waals surface area contributed by atoms with E-state index >= 15 is 0 Å². The van der Waals surface area contributed by atoms with E-state index in [0.29, 0.717) is 12.0 Å². The second-order valence-corrected chi connectivity index (χ2v) is 7.05. The second kappa shape index (κ2) is 7.49. The molecule has 6 heteroatoms. The first kappa shape index (κ1) is 17.2. The molecule has 1 fully saturated rings. The van der Waals surface area contributed by atoms with E-state index in [0.717, 1.165) is 31.1 Å². The van der Waals surface area contributed by atoms with E-state index in [9.17, 15) is 0 Å². The van der Waals surface area contributed by atoms with Crippen molar-refractivity contribution in [3.8, 4) is 0 Å². The molecule has 0 unspecified atom stereocenters. The van der Waals surface area contributed by atoms with Gasteiger partial charge in [0.15, 0.2) is 0 Å². The van der Waals surface area contributed by atoms with E-state index in [-0.39, 0.29) is 0 Å². The van der Waals surface area contributed by atoms with Gasteiger partial charge in [0.1, 0.15) is 5.76 Å². The Morgan fingerprint density at radius 1 is 1.42 bits per heavy atom. The Labute approximate surface area is 144 Å². The van der Waals surface area contributed by atoms with Crippen molar-refractivity contribution in [1.29, 1.82) is 0 Å². The molecule has 0 aromatic carbocycles. The highest BCUT2D eigenvalue weighted by molar-refractivity contribution is 5.13. The molecule has 3 heterocycles. The Morgan fingerprint density at radius 3 is 2.88 bits per heavy atom. The van der Waals surface area contributed by atoms with Crippen LogP contribution in [-0.4, -0.2) is 51.4 Å². The van der Waals surface area contributed by atoms with Crippen LogP contribution >= 0.6 is 0 Å². The SMILES string of the molecule is CCN1CCC[C@@H](CN(C)Cc2cc(C)on2)[C@@H]1c1cnn(C)c1. The van der Waals surface area contributed by atoms with Crippen LogP contribution in [0.15, 0.2) is 23.0 Å². The second-order valence-electron chi connectivity index (χ2n) is 7.05. The Bertz CT molecular complexity index is 649. The molecule has 1 aliphatic heterocycles. The van der Waals surface area contributed by atoms with Gasteiger partial charge >= 0.3 is 0 Å². The van der Waals surface area contributed by atoms with E-state index < -0.39 is 0 Å². The minimum Gasteiger partial charge on any atom is -0.361 e. The van der Waals surface area contributed by atoms with Gasteiger partial charge in [0.2, 0.25) is 0 Å². The predicted molar refractivity (Wildman–Crippen MR) is 93.5 cm³/mol. The van der Waals surface area contributed by atoms with Gasteiger partial charge in [-0.3, -0.25) is 9.58 Å². The molecule has 3 rings (SSSR count). The van der Waals surface area contributed by atoms with Gasteiger partial charge in [0.05, 0.1) is 11.9 Å². The molecule has 2 aromatic rings. The molecule has 0 amide bonds. The van der Waals surface area contributed by atoms with Crippen LogP contribution in [0.3, 0.4) is 0 Å². The van der Waals surface area contributed by atoms with E-state index in [2.05, 4.69) is 40.2 Å². The van der Waals surface area contributed by atoms with E-state index in [1.165, 1.54) is 24.9 Å². The monoisotopic (exact) mass is 331 g/mol. The summed E-state index contributed by atoms with van der Waals surface area (Å²) in [5, 5.41) is 8.52. The molecule has 0 N–H and O–H groups in total. The number of nitrogens with zero attached hydrogens (tertiary/aromatic N) is 5. The molecule has 0 aliphatic carbocycles. The first-order chi connectivity index (χ1) is 11.6. The standard InChI is InChI=1S/C18H29N5O/c1-5-23-8-6-7-15(18(23)16-10-19-22(4)12-16)11-21(3)13-17-9-14(2)24-20-17/h9-10,12,15,18H,5-8,11,13H2,1-4H3/t15-,18+/m0/s1. The third-order valence-electron chi connectivity index (χ3n) is 4.99. The quantitative estimate of drug-likeness (QED) is 0.814. The van der Waals surface area contributed by atoms with Crippen LogP contribution in [0.4, 0.5) is 0 Å². The highest BCUT2D eigenvalue weighted by Gasteiger charge is 2.33. The lowest BCUT2D eigenvalue weighted by atomic mass is 9.85. The van der Waals surface area contributed by atoms with E-state index in [1.807, 2.05) is 30.9 Å². The number of rotatable bonds is 6. The molecule has 0 spiro atoms. The zero-order chi connectivity index (χ0) is 17.1. The molecule has 6 nitrogen and oxygen atoms in total. The molecule has 132 valence electrons. The Balaban J connectivity index is 1.71. The van der Waals surface area contributed by atoms with Crippen molar-refractivity contribution in [1.82, 2.24) is 24.7 Å². The molecule has 2 atom stereocenters. The lowest BCUT2D eigenvalue weighted by Gasteiger charge is -2.42. The molecule has 0 saturated carbocycles. The van der Waals surface area contributed by atoms with Crippen LogP contribution < -0.4 is 0 Å². The number of piperidine rings is 1. The number of hydrogen-bond acceptors (Lipinski definition) is 5. The summed E-state index contributed by atoms with van der Waals surface area (Å²) in [6.07, 6.45) is 6.74. The molecular weight excluding hydrogens is 302 g/mol. The summed E-state index contributed by atoms with van der Waals surface area (Å²) < 4.78 is 7.10. The average Bonchev–Trinajstić information content (AvgIpc) is 3.15. The van der Waals surface area contributed by atoms with Crippen LogP contribution in [0.5, 0.6) is 0 Å². The lowest BCUT2D eigenvalue weighted by Crippen LogP contribution is -2.42. The molecule has 0 bridgehead atoms. The minimum atomic E-state index is 0.457. The van der Waals surface area contributed by atoms with Crippen molar-refractivity contribution < 1.29 is 4.52 Å². The highest BCUT2D eigenvalue weighted by Crippen LogP contribution is 2.36. The predicted octanol–water partition coefficient (Wildman–Crippen LogP) is 2.62. The molecule has 0 radical (unpaired) electrons. The maximum atomic E-state index is 5.19. The first-order valence-electron chi connectivity index (χ1n) is 8.90. The van der Waals surface area contributed by atoms with Crippen molar-refractivity contribution in [3.05, 3.63) is 35.5 Å². The molecule has 2 aromatic heterocycles. The topological polar surface area (TPSA) is 50.3 Å². The maximum Gasteiger partial charge on any atom is 0.133 e. The van der Waals surface area contributed by atoms with Crippen molar-refractivity contribution in [2.45, 2.75) is 39.3 Å². The zero-order valence-corrected chi connectivity index (χ0v) is 15.3. The zero-order valence-electron chi connectivity index (χ0n) is 15.3. The van der Waals surface area contributed by atoms with Crippen molar-refractivity contribution in [3.63, 3.8) is 0 Å². The van der Waals surface area contributed by atoms with Crippen LogP contribution in [0, 0.1) is 12.8 Å². The van der Waals surface area contributed by atoms with Crippen molar-refractivity contribution >= 4 is 0 Å². The smallest absolute Gasteiger partial charge is 0.133 e. The first-order valence-corrected chi connectivity index (χ1v) is 8.90. The van der Waals surface area contributed by atoms with Crippen LogP contribution in [-0.2, 0) is 13.6 Å². The van der Waals surface area contributed by atoms with E-state index in [1.54, 1.807) is 0 Å². The van der Waals surface area contributed by atoms with Crippen molar-refractivity contribution in [2.75, 3.05) is 26.7 Å². The van der Waals surface area contributed by atoms with Gasteiger partial charge in [-0.25, -0.2) is 0 Å². The van der Waals surface area contributed by atoms with Gasteiger partial charge < -0.3 is 9.42 Å². The maximum absolute atomic E-state index is 5.19. The Morgan fingerprint density at radius 2 is 2.25 bits per heavy atom. The lowest BCUT2D eigenvalue weighted by molar-refractivity contribution is 0.0744. The number of likely N-dealkylation sites (tertiary alicyclic amines) is 1. The normalized spacial score (nSPS) is 22.4. The van der Waals surface area contributed by atoms with Gasteiger partial charge in [-0.05, 0) is 45.8 Å². The summed E-state index contributed by atoms with van der Waals surface area (Å²) in [6.45, 7) is 8.35. The summed E-state index contributed by atoms with van der Waals surface area (Å²) in [7, 11) is 4.17. The summed E-state index contributed by atoms with van der Waals surface area (Å²) in [5.41, 5.74) is 2.35. The van der Waals surface area contributed by atoms with Crippen LogP contribution in [0.2, 0.25) is 0 Å². The fraction of sp³-hybridized carbons (Fsp3) is 0.667. The summed E-state index contributed by atoms with van der Waals surface area (Å²) in [5.74, 6) is 1.49. The summed E-state index contributed by atoms with van der Waals surface area (Å²) >= 11 is 0. The van der Waals surface area contributed by atoms with Gasteiger partial charge in [-0.15, -0.1) is 0 Å². The number of aromatic nitrogens is 3. The fourth-order valence-corrected chi connectivity index (χ4v) is 4.01. The van der Waals surface area contributed by atoms with Gasteiger partial charge in [-0.2, -0.15) is 5.10 Å². The van der Waals surface area contributed by atoms with Crippen LogP contribution in [0.1, 0.15) is 42.8 Å². The highest BCUT2D eigenvalue weighted by atomic mass is 16.5. The summed E-state index contributed by atoms with van der Waals surface area (Å²) in [6, 6.07) is 2.48. The molecule has 1 aliphatic rings. The fourth-order valence-electron chi connectivity index (χ4n) is 4.01. The Hall–Kier alpha value is -1.66. The molecule has 24 heavy (non-hydrogen) atoms. The van der Waals surface area contributed by atoms with Crippen LogP contribution in [0.25, 0.3) is 0 Å². The van der Waals surface area contributed by atoms with Gasteiger partial charge in [0.25, 0.3) is 0 Å². The van der Waals surface area contributed by atoms with E-state index in [4.69, 9.17) is 4.52 Å². The average molecular weight is 331 g/mol. The number of aryl methyl sites for hydroxylation is 2. The minimum absolute atomic E-state index is 0.457. The van der Waals surface area contributed by atoms with Gasteiger partial charge in [-0.1, -0.05) is 12.1 Å². The third kappa shape index (κ3) is 3.87.